The quantitative estimate of drug-likeness (QED) is 0.672. The molecule has 1 aliphatic rings. The number of carbonyl (C=O) groups is 1. The highest BCUT2D eigenvalue weighted by molar-refractivity contribution is 7.89. The first kappa shape index (κ1) is 13.4. The van der Waals surface area contributed by atoms with Crippen LogP contribution in [-0.2, 0) is 14.8 Å². The second-order valence-electron chi connectivity index (χ2n) is 3.75. The summed E-state index contributed by atoms with van der Waals surface area (Å²) in [6.07, 6.45) is 0. The van der Waals surface area contributed by atoms with Crippen LogP contribution in [0.4, 0.5) is 0 Å². The van der Waals surface area contributed by atoms with Crippen LogP contribution in [0.5, 0.6) is 0 Å². The largest absolute Gasteiger partial charge is 0.358 e. The van der Waals surface area contributed by atoms with Gasteiger partial charge in [-0.1, -0.05) is 0 Å². The summed E-state index contributed by atoms with van der Waals surface area (Å²) in [5.41, 5.74) is 0. The summed E-state index contributed by atoms with van der Waals surface area (Å²) in [7, 11) is -1.48. The van der Waals surface area contributed by atoms with E-state index in [2.05, 4.69) is 5.32 Å². The molecular formula is C9H19N3O3S. The lowest BCUT2D eigenvalue weighted by molar-refractivity contribution is -0.122. The van der Waals surface area contributed by atoms with Crippen molar-refractivity contribution < 1.29 is 13.2 Å². The van der Waals surface area contributed by atoms with Crippen LogP contribution in [-0.4, -0.2) is 69.1 Å². The molecule has 94 valence electrons. The Kier molecular flexibility index (Phi) is 4.69. The molecule has 0 saturated carbocycles. The molecule has 6 nitrogen and oxygen atoms in total. The van der Waals surface area contributed by atoms with Crippen LogP contribution >= 0.6 is 0 Å². The standard InChI is InChI=1S/C9H19N3O3S/c1-3-16(14,15)12-6-4-11(5-7-12)8-9(13)10-2/h3-8H2,1-2H3,(H,10,13). The van der Waals surface area contributed by atoms with Gasteiger partial charge in [0, 0.05) is 33.2 Å². The molecule has 0 bridgehead atoms. The van der Waals surface area contributed by atoms with Crippen molar-refractivity contribution in [3.63, 3.8) is 0 Å². The highest BCUT2D eigenvalue weighted by Crippen LogP contribution is 2.07. The Morgan fingerprint density at radius 3 is 2.25 bits per heavy atom. The van der Waals surface area contributed by atoms with E-state index in [-0.39, 0.29) is 11.7 Å². The van der Waals surface area contributed by atoms with Crippen LogP contribution in [0.1, 0.15) is 6.92 Å². The van der Waals surface area contributed by atoms with Gasteiger partial charge in [0.05, 0.1) is 12.3 Å². The van der Waals surface area contributed by atoms with Crippen LogP contribution in [0.25, 0.3) is 0 Å². The van der Waals surface area contributed by atoms with Crippen LogP contribution in [0, 0.1) is 0 Å². The first-order valence-corrected chi connectivity index (χ1v) is 7.01. The lowest BCUT2D eigenvalue weighted by Crippen LogP contribution is -2.51. The van der Waals surface area contributed by atoms with Gasteiger partial charge in [-0.2, -0.15) is 4.31 Å². The molecule has 0 unspecified atom stereocenters. The Morgan fingerprint density at radius 1 is 1.25 bits per heavy atom. The van der Waals surface area contributed by atoms with Gasteiger partial charge in [-0.05, 0) is 6.92 Å². The molecule has 0 atom stereocenters. The third-order valence-corrected chi connectivity index (χ3v) is 4.62. The molecule has 16 heavy (non-hydrogen) atoms. The number of nitrogens with one attached hydrogen (secondary N) is 1. The van der Waals surface area contributed by atoms with Gasteiger partial charge in [0.15, 0.2) is 0 Å². The Bertz CT molecular complexity index is 334. The number of rotatable bonds is 4. The smallest absolute Gasteiger partial charge is 0.233 e. The first-order chi connectivity index (χ1) is 7.49. The van der Waals surface area contributed by atoms with Gasteiger partial charge in [-0.25, -0.2) is 8.42 Å². The molecule has 0 spiro atoms. The van der Waals surface area contributed by atoms with Crippen LogP contribution in [0.15, 0.2) is 0 Å². The van der Waals surface area contributed by atoms with Crippen molar-refractivity contribution >= 4 is 15.9 Å². The fourth-order valence-electron chi connectivity index (χ4n) is 1.63. The Hall–Kier alpha value is -0.660. The predicted molar refractivity (Wildman–Crippen MR) is 61.5 cm³/mol. The van der Waals surface area contributed by atoms with Gasteiger partial charge in [0.25, 0.3) is 0 Å². The van der Waals surface area contributed by atoms with Crippen LogP contribution in [0.3, 0.4) is 0 Å². The highest BCUT2D eigenvalue weighted by atomic mass is 32.2. The van der Waals surface area contributed by atoms with E-state index in [1.807, 2.05) is 4.90 Å². The number of amides is 1. The van der Waals surface area contributed by atoms with Gasteiger partial charge < -0.3 is 5.32 Å². The zero-order valence-electron chi connectivity index (χ0n) is 9.77. The van der Waals surface area contributed by atoms with E-state index in [0.29, 0.717) is 32.7 Å². The molecule has 0 aromatic carbocycles. The molecule has 0 aliphatic carbocycles. The normalized spacial score (nSPS) is 19.6. The van der Waals surface area contributed by atoms with Gasteiger partial charge in [0.2, 0.25) is 15.9 Å². The van der Waals surface area contributed by atoms with Crippen molar-refractivity contribution in [1.82, 2.24) is 14.5 Å². The number of carbonyl (C=O) groups excluding carboxylic acids is 1. The van der Waals surface area contributed by atoms with Crippen molar-refractivity contribution in [1.29, 1.82) is 0 Å². The van der Waals surface area contributed by atoms with Crippen molar-refractivity contribution in [3.05, 3.63) is 0 Å². The Morgan fingerprint density at radius 2 is 1.81 bits per heavy atom. The summed E-state index contributed by atoms with van der Waals surface area (Å²) in [6.45, 7) is 4.18. The van der Waals surface area contributed by atoms with E-state index in [9.17, 15) is 13.2 Å². The molecule has 0 aromatic heterocycles. The van der Waals surface area contributed by atoms with Gasteiger partial charge in [-0.15, -0.1) is 0 Å². The van der Waals surface area contributed by atoms with Gasteiger partial charge >= 0.3 is 0 Å². The van der Waals surface area contributed by atoms with E-state index in [0.717, 1.165) is 0 Å². The summed E-state index contributed by atoms with van der Waals surface area (Å²) in [4.78, 5) is 13.1. The van der Waals surface area contributed by atoms with Crippen molar-refractivity contribution in [3.8, 4) is 0 Å². The predicted octanol–water partition coefficient (Wildman–Crippen LogP) is -1.30. The molecule has 1 saturated heterocycles. The number of sulfonamides is 1. The maximum absolute atomic E-state index is 11.6. The molecular weight excluding hydrogens is 230 g/mol. The van der Waals surface area contributed by atoms with Crippen molar-refractivity contribution in [2.45, 2.75) is 6.92 Å². The monoisotopic (exact) mass is 249 g/mol. The highest BCUT2D eigenvalue weighted by Gasteiger charge is 2.25. The zero-order valence-corrected chi connectivity index (χ0v) is 10.6. The SMILES string of the molecule is CCS(=O)(=O)N1CCN(CC(=O)NC)CC1. The summed E-state index contributed by atoms with van der Waals surface area (Å²) in [5, 5.41) is 2.55. The molecule has 1 rings (SSSR count). The maximum atomic E-state index is 11.6. The topological polar surface area (TPSA) is 69.7 Å². The molecule has 0 aromatic rings. The van der Waals surface area contributed by atoms with E-state index in [1.165, 1.54) is 4.31 Å². The molecule has 0 radical (unpaired) electrons. The molecule has 1 heterocycles. The Balaban J connectivity index is 2.43. The fraction of sp³-hybridized carbons (Fsp3) is 0.889. The maximum Gasteiger partial charge on any atom is 0.233 e. The Labute approximate surface area is 96.6 Å². The average Bonchev–Trinajstić information content (AvgIpc) is 2.29. The average molecular weight is 249 g/mol. The minimum atomic E-state index is -3.07. The second-order valence-corrected chi connectivity index (χ2v) is 6.01. The summed E-state index contributed by atoms with van der Waals surface area (Å²) < 4.78 is 24.6. The number of likely N-dealkylation sites (N-methyl/N-ethyl adjacent to an activating group) is 1. The minimum absolute atomic E-state index is 0.0354. The minimum Gasteiger partial charge on any atom is -0.358 e. The fourth-order valence-corrected chi connectivity index (χ4v) is 2.72. The van der Waals surface area contributed by atoms with Crippen LogP contribution in [0.2, 0.25) is 0 Å². The summed E-state index contributed by atoms with van der Waals surface area (Å²) >= 11 is 0. The van der Waals surface area contributed by atoms with E-state index in [1.54, 1.807) is 14.0 Å². The lowest BCUT2D eigenvalue weighted by Gasteiger charge is -2.33. The van der Waals surface area contributed by atoms with E-state index < -0.39 is 10.0 Å². The number of nitrogens with zero attached hydrogens (tertiary/aromatic N) is 2. The van der Waals surface area contributed by atoms with E-state index >= 15 is 0 Å². The molecule has 1 N–H and O–H groups in total. The third kappa shape index (κ3) is 3.43. The third-order valence-electron chi connectivity index (χ3n) is 2.74. The molecule has 7 heteroatoms. The van der Waals surface area contributed by atoms with Crippen molar-refractivity contribution in [2.24, 2.45) is 0 Å². The van der Waals surface area contributed by atoms with Crippen molar-refractivity contribution in [2.75, 3.05) is 45.5 Å². The molecule has 1 amide bonds. The van der Waals surface area contributed by atoms with E-state index in [4.69, 9.17) is 0 Å². The van der Waals surface area contributed by atoms with Crippen LogP contribution < -0.4 is 5.32 Å². The number of piperazine rings is 1. The first-order valence-electron chi connectivity index (χ1n) is 5.40. The number of hydrogen-bond donors (Lipinski definition) is 1. The van der Waals surface area contributed by atoms with Gasteiger partial charge in [0.1, 0.15) is 0 Å². The summed E-state index contributed by atoms with van der Waals surface area (Å²) in [6, 6.07) is 0. The van der Waals surface area contributed by atoms with Gasteiger partial charge in [-0.3, -0.25) is 9.69 Å². The molecule has 1 fully saturated rings. The summed E-state index contributed by atoms with van der Waals surface area (Å²) in [5.74, 6) is 0.106. The molecule has 1 aliphatic heterocycles. The zero-order chi connectivity index (χ0) is 12.2. The number of hydrogen-bond acceptors (Lipinski definition) is 4. The lowest BCUT2D eigenvalue weighted by atomic mass is 10.3. The second kappa shape index (κ2) is 5.60.